The van der Waals surface area contributed by atoms with Crippen molar-refractivity contribution in [2.24, 2.45) is 0 Å². The van der Waals surface area contributed by atoms with E-state index in [-0.39, 0.29) is 5.82 Å². The molecule has 1 saturated carbocycles. The zero-order valence-electron chi connectivity index (χ0n) is 13.2. The molecule has 21 heavy (non-hydrogen) atoms. The highest BCUT2D eigenvalue weighted by Gasteiger charge is 2.24. The standard InChI is InChI=1S/C18H27FN2/c1-15-13-16(7-8-18(15)19)14-20-9-4-10-21(12-11-20)17-5-2-3-6-17/h7-8,13,17H,2-6,9-12,14H2,1H3. The summed E-state index contributed by atoms with van der Waals surface area (Å²) in [6.07, 6.45) is 6.89. The second-order valence-electron chi connectivity index (χ2n) is 6.69. The Bertz CT molecular complexity index is 468. The molecule has 3 heteroatoms. The first-order valence-corrected chi connectivity index (χ1v) is 8.44. The molecule has 116 valence electrons. The molecule has 1 heterocycles. The molecule has 0 N–H and O–H groups in total. The minimum Gasteiger partial charge on any atom is -0.299 e. The Hall–Kier alpha value is -0.930. The van der Waals surface area contributed by atoms with E-state index in [9.17, 15) is 4.39 Å². The van der Waals surface area contributed by atoms with Gasteiger partial charge in [0.2, 0.25) is 0 Å². The summed E-state index contributed by atoms with van der Waals surface area (Å²) >= 11 is 0. The van der Waals surface area contributed by atoms with Crippen LogP contribution in [0.5, 0.6) is 0 Å². The first-order valence-electron chi connectivity index (χ1n) is 8.44. The largest absolute Gasteiger partial charge is 0.299 e. The smallest absolute Gasteiger partial charge is 0.126 e. The van der Waals surface area contributed by atoms with Gasteiger partial charge in [-0.3, -0.25) is 9.80 Å². The van der Waals surface area contributed by atoms with Gasteiger partial charge in [0.1, 0.15) is 5.82 Å². The minimum absolute atomic E-state index is 0.0953. The lowest BCUT2D eigenvalue weighted by molar-refractivity contribution is 0.198. The van der Waals surface area contributed by atoms with E-state index < -0.39 is 0 Å². The van der Waals surface area contributed by atoms with E-state index in [2.05, 4.69) is 9.80 Å². The maximum atomic E-state index is 13.3. The van der Waals surface area contributed by atoms with Gasteiger partial charge in [0, 0.05) is 25.7 Å². The Labute approximate surface area is 127 Å². The van der Waals surface area contributed by atoms with E-state index in [1.54, 1.807) is 6.07 Å². The van der Waals surface area contributed by atoms with Crippen LogP contribution >= 0.6 is 0 Å². The fraction of sp³-hybridized carbons (Fsp3) is 0.667. The van der Waals surface area contributed by atoms with E-state index in [0.29, 0.717) is 0 Å². The molecule has 0 radical (unpaired) electrons. The summed E-state index contributed by atoms with van der Waals surface area (Å²) in [6.45, 7) is 7.57. The van der Waals surface area contributed by atoms with E-state index in [0.717, 1.165) is 24.7 Å². The third kappa shape index (κ3) is 3.83. The van der Waals surface area contributed by atoms with Crippen LogP contribution in [0.15, 0.2) is 18.2 Å². The molecule has 3 rings (SSSR count). The maximum Gasteiger partial charge on any atom is 0.126 e. The number of rotatable bonds is 3. The topological polar surface area (TPSA) is 6.48 Å². The molecule has 0 bridgehead atoms. The lowest BCUT2D eigenvalue weighted by Gasteiger charge is -2.27. The molecule has 2 aliphatic rings. The highest BCUT2D eigenvalue weighted by atomic mass is 19.1. The van der Waals surface area contributed by atoms with Crippen LogP contribution in [0, 0.1) is 12.7 Å². The number of halogens is 1. The number of hydrogen-bond acceptors (Lipinski definition) is 2. The molecule has 2 nitrogen and oxygen atoms in total. The van der Waals surface area contributed by atoms with Gasteiger partial charge in [0.15, 0.2) is 0 Å². The number of aryl methyl sites for hydroxylation is 1. The summed E-state index contributed by atoms with van der Waals surface area (Å²) in [6, 6.07) is 6.38. The van der Waals surface area contributed by atoms with Crippen LogP contribution < -0.4 is 0 Å². The number of nitrogens with zero attached hydrogens (tertiary/aromatic N) is 2. The van der Waals surface area contributed by atoms with Gasteiger partial charge in [-0.15, -0.1) is 0 Å². The Morgan fingerprint density at radius 1 is 1.05 bits per heavy atom. The van der Waals surface area contributed by atoms with E-state index in [4.69, 9.17) is 0 Å². The first-order chi connectivity index (χ1) is 10.2. The van der Waals surface area contributed by atoms with Crippen molar-refractivity contribution in [2.45, 2.75) is 51.6 Å². The van der Waals surface area contributed by atoms with Crippen LogP contribution in [-0.2, 0) is 6.54 Å². The van der Waals surface area contributed by atoms with E-state index >= 15 is 0 Å². The molecular weight excluding hydrogens is 263 g/mol. The van der Waals surface area contributed by atoms with Crippen molar-refractivity contribution >= 4 is 0 Å². The molecule has 2 fully saturated rings. The lowest BCUT2D eigenvalue weighted by Crippen LogP contribution is -2.36. The van der Waals surface area contributed by atoms with Crippen LogP contribution in [0.1, 0.15) is 43.2 Å². The van der Waals surface area contributed by atoms with Gasteiger partial charge < -0.3 is 0 Å². The van der Waals surface area contributed by atoms with Crippen LogP contribution in [0.4, 0.5) is 4.39 Å². The van der Waals surface area contributed by atoms with Gasteiger partial charge in [0.25, 0.3) is 0 Å². The Kier molecular flexibility index (Phi) is 4.91. The Morgan fingerprint density at radius 2 is 1.86 bits per heavy atom. The van der Waals surface area contributed by atoms with Crippen molar-refractivity contribution < 1.29 is 4.39 Å². The SMILES string of the molecule is Cc1cc(CN2CCCN(C3CCCC3)CC2)ccc1F. The van der Waals surface area contributed by atoms with E-state index in [1.807, 2.05) is 19.1 Å². The van der Waals surface area contributed by atoms with Crippen molar-refractivity contribution in [3.8, 4) is 0 Å². The zero-order chi connectivity index (χ0) is 14.7. The van der Waals surface area contributed by atoms with Crippen LogP contribution in [0.25, 0.3) is 0 Å². The fourth-order valence-electron chi connectivity index (χ4n) is 3.85. The molecule has 1 saturated heterocycles. The summed E-state index contributed by atoms with van der Waals surface area (Å²) in [5.74, 6) is -0.0953. The summed E-state index contributed by atoms with van der Waals surface area (Å²) in [5, 5.41) is 0. The number of benzene rings is 1. The van der Waals surface area contributed by atoms with Crippen LogP contribution in [0.2, 0.25) is 0 Å². The summed E-state index contributed by atoms with van der Waals surface area (Å²) in [4.78, 5) is 5.24. The van der Waals surface area contributed by atoms with E-state index in [1.165, 1.54) is 57.3 Å². The molecule has 0 unspecified atom stereocenters. The van der Waals surface area contributed by atoms with Crippen molar-refractivity contribution in [2.75, 3.05) is 26.2 Å². The molecule has 0 amide bonds. The van der Waals surface area contributed by atoms with Gasteiger partial charge in [0.05, 0.1) is 0 Å². The zero-order valence-corrected chi connectivity index (χ0v) is 13.2. The highest BCUT2D eigenvalue weighted by Crippen LogP contribution is 2.24. The Morgan fingerprint density at radius 3 is 2.62 bits per heavy atom. The monoisotopic (exact) mass is 290 g/mol. The van der Waals surface area contributed by atoms with Crippen molar-refractivity contribution in [1.82, 2.24) is 9.80 Å². The third-order valence-electron chi connectivity index (χ3n) is 5.09. The maximum absolute atomic E-state index is 13.3. The summed E-state index contributed by atoms with van der Waals surface area (Å²) in [7, 11) is 0. The van der Waals surface area contributed by atoms with Crippen LogP contribution in [-0.4, -0.2) is 42.0 Å². The molecule has 0 aromatic heterocycles. The van der Waals surface area contributed by atoms with Crippen molar-refractivity contribution in [3.05, 3.63) is 35.1 Å². The first kappa shape index (κ1) is 15.0. The predicted octanol–water partition coefficient (Wildman–Crippen LogP) is 3.58. The normalized spacial score (nSPS) is 22.6. The van der Waals surface area contributed by atoms with Gasteiger partial charge in [-0.25, -0.2) is 4.39 Å². The van der Waals surface area contributed by atoms with Gasteiger partial charge >= 0.3 is 0 Å². The molecule has 0 atom stereocenters. The number of hydrogen-bond donors (Lipinski definition) is 0. The van der Waals surface area contributed by atoms with Crippen molar-refractivity contribution in [1.29, 1.82) is 0 Å². The summed E-state index contributed by atoms with van der Waals surface area (Å²) < 4.78 is 13.3. The summed E-state index contributed by atoms with van der Waals surface area (Å²) in [5.41, 5.74) is 2.00. The van der Waals surface area contributed by atoms with Gasteiger partial charge in [-0.2, -0.15) is 0 Å². The average molecular weight is 290 g/mol. The molecular formula is C18H27FN2. The highest BCUT2D eigenvalue weighted by molar-refractivity contribution is 5.23. The molecule has 0 spiro atoms. The minimum atomic E-state index is -0.0953. The predicted molar refractivity (Wildman–Crippen MR) is 84.9 cm³/mol. The van der Waals surface area contributed by atoms with Gasteiger partial charge in [-0.1, -0.05) is 25.0 Å². The average Bonchev–Trinajstić information content (AvgIpc) is 2.91. The Balaban J connectivity index is 1.55. The van der Waals surface area contributed by atoms with Crippen molar-refractivity contribution in [3.63, 3.8) is 0 Å². The van der Waals surface area contributed by atoms with Gasteiger partial charge in [-0.05, 0) is 56.5 Å². The molecule has 1 aromatic rings. The van der Waals surface area contributed by atoms with Crippen LogP contribution in [0.3, 0.4) is 0 Å². The molecule has 1 aliphatic heterocycles. The molecule has 1 aliphatic carbocycles. The second kappa shape index (κ2) is 6.89. The lowest BCUT2D eigenvalue weighted by atomic mass is 10.1. The quantitative estimate of drug-likeness (QED) is 0.839. The second-order valence-corrected chi connectivity index (χ2v) is 6.69. The molecule has 1 aromatic carbocycles. The third-order valence-corrected chi connectivity index (χ3v) is 5.09. The fourth-order valence-corrected chi connectivity index (χ4v) is 3.85.